The SMILES string of the molecule is O=C(C(Cl)c1ccc(C(F)(F)F)cc1)N1CCCCCC1. The number of hydrogen-bond donors (Lipinski definition) is 0. The highest BCUT2D eigenvalue weighted by Crippen LogP contribution is 2.31. The number of carbonyl (C=O) groups excluding carboxylic acids is 1. The number of halogens is 4. The molecule has 1 aliphatic rings. The zero-order valence-electron chi connectivity index (χ0n) is 11.5. The molecule has 1 atom stereocenters. The predicted octanol–water partition coefficient (Wildman–Crippen LogP) is 4.39. The minimum absolute atomic E-state index is 0.224. The molecule has 1 unspecified atom stereocenters. The van der Waals surface area contributed by atoms with Crippen LogP contribution in [0.5, 0.6) is 0 Å². The van der Waals surface area contributed by atoms with Gasteiger partial charge in [0.1, 0.15) is 5.38 Å². The van der Waals surface area contributed by atoms with E-state index in [4.69, 9.17) is 11.6 Å². The monoisotopic (exact) mass is 319 g/mol. The molecule has 6 heteroatoms. The first kappa shape index (κ1) is 16.1. The molecule has 1 heterocycles. The van der Waals surface area contributed by atoms with Gasteiger partial charge in [-0.25, -0.2) is 0 Å². The van der Waals surface area contributed by atoms with E-state index in [0.717, 1.165) is 37.8 Å². The van der Waals surface area contributed by atoms with Gasteiger partial charge in [-0.2, -0.15) is 13.2 Å². The normalized spacial score (nSPS) is 18.2. The smallest absolute Gasteiger partial charge is 0.341 e. The third-order valence-corrected chi connectivity index (χ3v) is 4.10. The lowest BCUT2D eigenvalue weighted by Crippen LogP contribution is -2.34. The fourth-order valence-electron chi connectivity index (χ4n) is 2.44. The van der Waals surface area contributed by atoms with E-state index in [1.54, 1.807) is 4.90 Å². The molecule has 1 aromatic carbocycles. The molecule has 0 radical (unpaired) electrons. The summed E-state index contributed by atoms with van der Waals surface area (Å²) in [5, 5.41) is -0.926. The van der Waals surface area contributed by atoms with E-state index in [2.05, 4.69) is 0 Å². The maximum Gasteiger partial charge on any atom is 0.416 e. The highest BCUT2D eigenvalue weighted by atomic mass is 35.5. The van der Waals surface area contributed by atoms with Gasteiger partial charge in [-0.05, 0) is 30.5 Å². The summed E-state index contributed by atoms with van der Waals surface area (Å²) in [5.74, 6) is -0.224. The van der Waals surface area contributed by atoms with Crippen LogP contribution in [0.4, 0.5) is 13.2 Å². The van der Waals surface area contributed by atoms with Gasteiger partial charge in [-0.3, -0.25) is 4.79 Å². The van der Waals surface area contributed by atoms with Crippen molar-refractivity contribution in [3.63, 3.8) is 0 Å². The predicted molar refractivity (Wildman–Crippen MR) is 75.1 cm³/mol. The van der Waals surface area contributed by atoms with Gasteiger partial charge in [0, 0.05) is 13.1 Å². The summed E-state index contributed by atoms with van der Waals surface area (Å²) in [7, 11) is 0. The quantitative estimate of drug-likeness (QED) is 0.740. The molecular formula is C15H17ClF3NO. The molecule has 1 aromatic rings. The number of rotatable bonds is 2. The summed E-state index contributed by atoms with van der Waals surface area (Å²) in [5.41, 5.74) is -0.337. The maximum atomic E-state index is 12.5. The van der Waals surface area contributed by atoms with Crippen molar-refractivity contribution in [2.75, 3.05) is 13.1 Å². The number of carbonyl (C=O) groups is 1. The first-order chi connectivity index (χ1) is 9.89. The Kier molecular flexibility index (Phi) is 5.14. The van der Waals surface area contributed by atoms with E-state index < -0.39 is 17.1 Å². The molecule has 0 bridgehead atoms. The summed E-state index contributed by atoms with van der Waals surface area (Å²) in [6.07, 6.45) is -0.298. The molecular weight excluding hydrogens is 303 g/mol. The van der Waals surface area contributed by atoms with Crippen LogP contribution in [-0.4, -0.2) is 23.9 Å². The Morgan fingerprint density at radius 1 is 1.05 bits per heavy atom. The second kappa shape index (κ2) is 6.69. The number of nitrogens with zero attached hydrogens (tertiary/aromatic N) is 1. The van der Waals surface area contributed by atoms with Crippen LogP contribution in [0.1, 0.15) is 42.2 Å². The molecule has 0 spiro atoms. The lowest BCUT2D eigenvalue weighted by molar-refractivity contribution is -0.137. The Bertz CT molecular complexity index is 479. The van der Waals surface area contributed by atoms with E-state index >= 15 is 0 Å². The zero-order valence-corrected chi connectivity index (χ0v) is 12.3. The molecule has 1 saturated heterocycles. The highest BCUT2D eigenvalue weighted by Gasteiger charge is 2.31. The first-order valence-electron chi connectivity index (χ1n) is 6.99. The number of hydrogen-bond acceptors (Lipinski definition) is 1. The van der Waals surface area contributed by atoms with Crippen LogP contribution in [0.25, 0.3) is 0 Å². The maximum absolute atomic E-state index is 12.5. The van der Waals surface area contributed by atoms with Crippen molar-refractivity contribution in [3.8, 4) is 0 Å². The van der Waals surface area contributed by atoms with Gasteiger partial charge in [0.2, 0.25) is 5.91 Å². The van der Waals surface area contributed by atoms with E-state index in [9.17, 15) is 18.0 Å². The van der Waals surface area contributed by atoms with Crippen molar-refractivity contribution in [1.29, 1.82) is 0 Å². The number of benzene rings is 1. The van der Waals surface area contributed by atoms with Crippen LogP contribution in [0, 0.1) is 0 Å². The van der Waals surface area contributed by atoms with Gasteiger partial charge < -0.3 is 4.90 Å². The highest BCUT2D eigenvalue weighted by molar-refractivity contribution is 6.30. The van der Waals surface area contributed by atoms with Crippen LogP contribution in [0.15, 0.2) is 24.3 Å². The van der Waals surface area contributed by atoms with Crippen molar-refractivity contribution >= 4 is 17.5 Å². The average molecular weight is 320 g/mol. The van der Waals surface area contributed by atoms with Crippen molar-refractivity contribution in [2.24, 2.45) is 0 Å². The second-order valence-electron chi connectivity index (χ2n) is 5.22. The molecule has 2 nitrogen and oxygen atoms in total. The first-order valence-corrected chi connectivity index (χ1v) is 7.43. The topological polar surface area (TPSA) is 20.3 Å². The summed E-state index contributed by atoms with van der Waals surface area (Å²) in [6.45, 7) is 1.34. The van der Waals surface area contributed by atoms with Gasteiger partial charge >= 0.3 is 6.18 Å². The molecule has 0 aromatic heterocycles. The minimum atomic E-state index is -4.38. The van der Waals surface area contributed by atoms with Crippen molar-refractivity contribution in [3.05, 3.63) is 35.4 Å². The van der Waals surface area contributed by atoms with Crippen molar-refractivity contribution < 1.29 is 18.0 Å². The molecule has 0 saturated carbocycles. The molecule has 0 N–H and O–H groups in total. The van der Waals surface area contributed by atoms with Crippen LogP contribution in [0.3, 0.4) is 0 Å². The molecule has 116 valence electrons. The number of alkyl halides is 4. The molecule has 1 amide bonds. The van der Waals surface area contributed by atoms with Gasteiger partial charge in [-0.1, -0.05) is 25.0 Å². The van der Waals surface area contributed by atoms with E-state index in [0.29, 0.717) is 18.7 Å². The fourth-order valence-corrected chi connectivity index (χ4v) is 2.72. The summed E-state index contributed by atoms with van der Waals surface area (Å²) in [4.78, 5) is 14.0. The fraction of sp³-hybridized carbons (Fsp3) is 0.533. The van der Waals surface area contributed by atoms with Crippen LogP contribution in [0.2, 0.25) is 0 Å². The molecule has 1 aliphatic heterocycles. The standard InChI is InChI=1S/C15H17ClF3NO/c16-13(14(21)20-9-3-1-2-4-10-20)11-5-7-12(8-6-11)15(17,18)19/h5-8,13H,1-4,9-10H2. The Morgan fingerprint density at radius 3 is 2.05 bits per heavy atom. The van der Waals surface area contributed by atoms with Crippen LogP contribution >= 0.6 is 11.6 Å². The van der Waals surface area contributed by atoms with E-state index in [-0.39, 0.29) is 5.91 Å². The summed E-state index contributed by atoms with van der Waals surface area (Å²) >= 11 is 6.14. The number of likely N-dealkylation sites (tertiary alicyclic amines) is 1. The minimum Gasteiger partial charge on any atom is -0.341 e. The average Bonchev–Trinajstić information content (AvgIpc) is 2.74. The third-order valence-electron chi connectivity index (χ3n) is 3.67. The van der Waals surface area contributed by atoms with Crippen LogP contribution in [-0.2, 0) is 11.0 Å². The Morgan fingerprint density at radius 2 is 1.57 bits per heavy atom. The van der Waals surface area contributed by atoms with E-state index in [1.165, 1.54) is 12.1 Å². The largest absolute Gasteiger partial charge is 0.416 e. The molecule has 1 fully saturated rings. The Hall–Kier alpha value is -1.23. The molecule has 0 aliphatic carbocycles. The van der Waals surface area contributed by atoms with Gasteiger partial charge in [0.25, 0.3) is 0 Å². The van der Waals surface area contributed by atoms with Crippen molar-refractivity contribution in [1.82, 2.24) is 4.90 Å². The van der Waals surface area contributed by atoms with Crippen LogP contribution < -0.4 is 0 Å². The summed E-state index contributed by atoms with van der Waals surface area (Å²) < 4.78 is 37.5. The zero-order chi connectivity index (χ0) is 15.5. The van der Waals surface area contributed by atoms with Gasteiger partial charge in [-0.15, -0.1) is 11.6 Å². The summed E-state index contributed by atoms with van der Waals surface area (Å²) in [6, 6.07) is 4.47. The molecule has 2 rings (SSSR count). The van der Waals surface area contributed by atoms with Gasteiger partial charge in [0.05, 0.1) is 5.56 Å². The number of amides is 1. The lowest BCUT2D eigenvalue weighted by atomic mass is 10.1. The van der Waals surface area contributed by atoms with Gasteiger partial charge in [0.15, 0.2) is 0 Å². The van der Waals surface area contributed by atoms with E-state index in [1.807, 2.05) is 0 Å². The third kappa shape index (κ3) is 4.13. The Labute approximate surface area is 126 Å². The Balaban J connectivity index is 2.08. The lowest BCUT2D eigenvalue weighted by Gasteiger charge is -2.23. The van der Waals surface area contributed by atoms with Crippen molar-refractivity contribution in [2.45, 2.75) is 37.2 Å². The second-order valence-corrected chi connectivity index (χ2v) is 5.66. The molecule has 21 heavy (non-hydrogen) atoms.